The maximum Gasteiger partial charge on any atom is 0.162 e. The Labute approximate surface area is 152 Å². The summed E-state index contributed by atoms with van der Waals surface area (Å²) in [5.74, 6) is 0.584. The molecule has 0 bridgehead atoms. The predicted octanol–water partition coefficient (Wildman–Crippen LogP) is 4.12. The number of Topliss-reactive ketones (excluding diaryl/α,β-unsaturated/α-hetero) is 1. The molecule has 1 heterocycles. The van der Waals surface area contributed by atoms with Crippen LogP contribution >= 0.6 is 11.8 Å². The number of hydrogen-bond acceptors (Lipinski definition) is 5. The van der Waals surface area contributed by atoms with Crippen LogP contribution in [-0.2, 0) is 4.79 Å². The van der Waals surface area contributed by atoms with Crippen molar-refractivity contribution >= 4 is 17.5 Å². The Morgan fingerprint density at radius 2 is 1.96 bits per heavy atom. The van der Waals surface area contributed by atoms with E-state index in [1.165, 1.54) is 11.8 Å². The first-order chi connectivity index (χ1) is 11.9. The first-order valence-corrected chi connectivity index (χ1v) is 9.48. The Morgan fingerprint density at radius 1 is 1.28 bits per heavy atom. The van der Waals surface area contributed by atoms with E-state index in [1.807, 2.05) is 30.5 Å². The molecule has 4 nitrogen and oxygen atoms in total. The quantitative estimate of drug-likeness (QED) is 0.884. The van der Waals surface area contributed by atoms with Crippen molar-refractivity contribution in [2.75, 3.05) is 13.4 Å². The van der Waals surface area contributed by atoms with E-state index in [0.29, 0.717) is 12.0 Å². The van der Waals surface area contributed by atoms with Crippen LogP contribution in [0.1, 0.15) is 38.2 Å². The van der Waals surface area contributed by atoms with E-state index in [1.54, 1.807) is 7.11 Å². The first-order valence-electron chi connectivity index (χ1n) is 8.25. The minimum atomic E-state index is -0.307. The SMILES string of the molecule is COc1ccc([C@H]2C(C#N)=C(SC)NC3=C2C(=O)CC(C)(C)C3)cc1. The van der Waals surface area contributed by atoms with Crippen LogP contribution in [-0.4, -0.2) is 19.1 Å². The third-order valence-corrected chi connectivity index (χ3v) is 5.51. The van der Waals surface area contributed by atoms with Crippen LogP contribution in [0, 0.1) is 16.7 Å². The number of rotatable bonds is 3. The summed E-state index contributed by atoms with van der Waals surface area (Å²) in [4.78, 5) is 12.9. The standard InChI is InChI=1S/C20H22N2O2S/c1-20(2)9-15-18(16(23)10-20)17(14(11-21)19(22-15)25-4)12-5-7-13(24-3)8-6-12/h5-8,17,22H,9-10H2,1-4H3/t17-/m0/s1. The molecule has 2 aliphatic rings. The third-order valence-electron chi connectivity index (χ3n) is 4.78. The first kappa shape index (κ1) is 17.6. The minimum Gasteiger partial charge on any atom is -0.497 e. The summed E-state index contributed by atoms with van der Waals surface area (Å²) in [7, 11) is 1.62. The van der Waals surface area contributed by atoms with Gasteiger partial charge in [0, 0.05) is 17.7 Å². The Bertz CT molecular complexity index is 813. The predicted molar refractivity (Wildman–Crippen MR) is 100 cm³/mol. The van der Waals surface area contributed by atoms with E-state index >= 15 is 0 Å². The normalized spacial score (nSPS) is 22.2. The molecule has 0 spiro atoms. The molecule has 1 aromatic carbocycles. The number of nitrogens with zero attached hydrogens (tertiary/aromatic N) is 1. The van der Waals surface area contributed by atoms with Crippen molar-refractivity contribution in [1.29, 1.82) is 5.26 Å². The average molecular weight is 354 g/mol. The highest BCUT2D eigenvalue weighted by atomic mass is 32.2. The van der Waals surface area contributed by atoms with Crippen molar-refractivity contribution in [2.45, 2.75) is 32.6 Å². The molecular weight excluding hydrogens is 332 g/mol. The number of hydrogen-bond donors (Lipinski definition) is 1. The summed E-state index contributed by atoms with van der Waals surface area (Å²) in [6.45, 7) is 4.22. The topological polar surface area (TPSA) is 62.1 Å². The maximum absolute atomic E-state index is 12.9. The summed E-state index contributed by atoms with van der Waals surface area (Å²) in [6.07, 6.45) is 3.27. The molecule has 0 saturated heterocycles. The van der Waals surface area contributed by atoms with Crippen LogP contribution in [0.25, 0.3) is 0 Å². The molecular formula is C20H22N2O2S. The fourth-order valence-electron chi connectivity index (χ4n) is 3.67. The van der Waals surface area contributed by atoms with Crippen molar-refractivity contribution < 1.29 is 9.53 Å². The molecule has 1 N–H and O–H groups in total. The second-order valence-corrected chi connectivity index (χ2v) is 8.04. The number of nitrogens with one attached hydrogen (secondary N) is 1. The second-order valence-electron chi connectivity index (χ2n) is 7.22. The Morgan fingerprint density at radius 3 is 2.52 bits per heavy atom. The second kappa shape index (κ2) is 6.61. The van der Waals surface area contributed by atoms with Gasteiger partial charge >= 0.3 is 0 Å². The number of dihydropyridines is 1. The van der Waals surface area contributed by atoms with Crippen LogP contribution in [0.5, 0.6) is 5.75 Å². The number of benzene rings is 1. The van der Waals surface area contributed by atoms with Crippen LogP contribution in [0.3, 0.4) is 0 Å². The monoisotopic (exact) mass is 354 g/mol. The molecule has 0 fully saturated rings. The lowest BCUT2D eigenvalue weighted by Gasteiger charge is -2.38. The lowest BCUT2D eigenvalue weighted by molar-refractivity contribution is -0.118. The van der Waals surface area contributed by atoms with Gasteiger partial charge in [-0.15, -0.1) is 11.8 Å². The number of nitriles is 1. The summed E-state index contributed by atoms with van der Waals surface area (Å²) in [5.41, 5.74) is 3.21. The maximum atomic E-state index is 12.9. The van der Waals surface area contributed by atoms with Gasteiger partial charge in [0.05, 0.1) is 29.7 Å². The van der Waals surface area contributed by atoms with Gasteiger partial charge in [-0.05, 0) is 35.8 Å². The molecule has 1 atom stereocenters. The largest absolute Gasteiger partial charge is 0.497 e. The molecule has 130 valence electrons. The van der Waals surface area contributed by atoms with Crippen LogP contribution in [0.15, 0.2) is 46.1 Å². The molecule has 1 aliphatic carbocycles. The Balaban J connectivity index is 2.16. The van der Waals surface area contributed by atoms with Crippen molar-refractivity contribution in [3.63, 3.8) is 0 Å². The van der Waals surface area contributed by atoms with E-state index in [-0.39, 0.29) is 17.1 Å². The highest BCUT2D eigenvalue weighted by Crippen LogP contribution is 2.47. The van der Waals surface area contributed by atoms with Gasteiger partial charge in [-0.3, -0.25) is 4.79 Å². The highest BCUT2D eigenvalue weighted by Gasteiger charge is 2.41. The Kier molecular flexibility index (Phi) is 4.66. The van der Waals surface area contributed by atoms with Gasteiger partial charge in [-0.1, -0.05) is 26.0 Å². The van der Waals surface area contributed by atoms with Crippen molar-refractivity contribution in [3.8, 4) is 11.8 Å². The molecule has 0 amide bonds. The number of thioether (sulfide) groups is 1. The summed E-state index contributed by atoms with van der Waals surface area (Å²) in [6, 6.07) is 9.98. The van der Waals surface area contributed by atoms with Crippen LogP contribution in [0.4, 0.5) is 0 Å². The smallest absolute Gasteiger partial charge is 0.162 e. The lowest BCUT2D eigenvalue weighted by Crippen LogP contribution is -2.36. The van der Waals surface area contributed by atoms with Gasteiger partial charge in [0.15, 0.2) is 5.78 Å². The zero-order valence-corrected chi connectivity index (χ0v) is 15.8. The van der Waals surface area contributed by atoms with Gasteiger partial charge in [-0.25, -0.2) is 0 Å². The fraction of sp³-hybridized carbons (Fsp3) is 0.400. The zero-order chi connectivity index (χ0) is 18.2. The zero-order valence-electron chi connectivity index (χ0n) is 15.0. The molecule has 5 heteroatoms. The van der Waals surface area contributed by atoms with Gasteiger partial charge in [-0.2, -0.15) is 5.26 Å². The average Bonchev–Trinajstić information content (AvgIpc) is 2.59. The van der Waals surface area contributed by atoms with E-state index < -0.39 is 0 Å². The van der Waals surface area contributed by atoms with Gasteiger partial charge < -0.3 is 10.1 Å². The molecule has 0 unspecified atom stereocenters. The molecule has 0 radical (unpaired) electrons. The molecule has 25 heavy (non-hydrogen) atoms. The van der Waals surface area contributed by atoms with Crippen LogP contribution < -0.4 is 10.1 Å². The minimum absolute atomic E-state index is 0.0684. The van der Waals surface area contributed by atoms with Gasteiger partial charge in [0.2, 0.25) is 0 Å². The van der Waals surface area contributed by atoms with Crippen LogP contribution in [0.2, 0.25) is 0 Å². The highest BCUT2D eigenvalue weighted by molar-refractivity contribution is 8.02. The van der Waals surface area contributed by atoms with E-state index in [2.05, 4.69) is 25.2 Å². The number of carbonyl (C=O) groups is 1. The lowest BCUT2D eigenvalue weighted by atomic mass is 9.69. The van der Waals surface area contributed by atoms with Crippen molar-refractivity contribution in [1.82, 2.24) is 5.32 Å². The molecule has 1 aliphatic heterocycles. The third kappa shape index (κ3) is 3.19. The molecule has 1 aromatic rings. The van der Waals surface area contributed by atoms with E-state index in [0.717, 1.165) is 34.0 Å². The summed E-state index contributed by atoms with van der Waals surface area (Å²) < 4.78 is 5.23. The van der Waals surface area contributed by atoms with Gasteiger partial charge in [0.1, 0.15) is 5.75 Å². The summed E-state index contributed by atoms with van der Waals surface area (Å²) in [5, 5.41) is 14.0. The molecule has 0 aromatic heterocycles. The van der Waals surface area contributed by atoms with Gasteiger partial charge in [0.25, 0.3) is 0 Å². The van der Waals surface area contributed by atoms with Crippen molar-refractivity contribution in [2.24, 2.45) is 5.41 Å². The molecule has 3 rings (SSSR count). The van der Waals surface area contributed by atoms with Crippen molar-refractivity contribution in [3.05, 3.63) is 51.7 Å². The van der Waals surface area contributed by atoms with E-state index in [4.69, 9.17) is 4.74 Å². The number of methoxy groups -OCH3 is 1. The Hall–Kier alpha value is -2.19. The van der Waals surface area contributed by atoms with E-state index in [9.17, 15) is 10.1 Å². The molecule has 0 saturated carbocycles. The fourth-order valence-corrected chi connectivity index (χ4v) is 4.28. The number of allylic oxidation sites excluding steroid dienone is 3. The number of carbonyl (C=O) groups excluding carboxylic acids is 1. The number of ether oxygens (including phenoxy) is 1. The summed E-state index contributed by atoms with van der Waals surface area (Å²) >= 11 is 1.52. The number of ketones is 1.